The molecule has 15 nitrogen and oxygen atoms in total. The van der Waals surface area contributed by atoms with Gasteiger partial charge in [0.1, 0.15) is 49.4 Å². The second-order valence-corrected chi connectivity index (χ2v) is 12.0. The molecular weight excluding hydrogens is 678 g/mol. The second kappa shape index (κ2) is 25.3. The number of amides is 2. The number of nitrogens with one attached hydrogen (secondary N) is 2. The smallest absolute Gasteiger partial charge is 0.251 e. The summed E-state index contributed by atoms with van der Waals surface area (Å²) < 4.78 is 56.3. The van der Waals surface area contributed by atoms with Crippen LogP contribution in [0.5, 0.6) is 23.0 Å². The number of rotatable bonds is 10. The highest BCUT2D eigenvalue weighted by Crippen LogP contribution is 2.24. The summed E-state index contributed by atoms with van der Waals surface area (Å²) in [5.41, 5.74) is 0.904. The van der Waals surface area contributed by atoms with Crippen molar-refractivity contribution in [2.24, 2.45) is 0 Å². The van der Waals surface area contributed by atoms with E-state index in [1.807, 2.05) is 7.05 Å². The third-order valence-corrected chi connectivity index (χ3v) is 7.76. The van der Waals surface area contributed by atoms with Gasteiger partial charge in [0.05, 0.1) is 79.3 Å². The van der Waals surface area contributed by atoms with Crippen molar-refractivity contribution in [2.45, 2.75) is 12.8 Å². The number of carbonyl (C=O) groups is 2. The lowest BCUT2D eigenvalue weighted by atomic mass is 10.2. The van der Waals surface area contributed by atoms with E-state index in [2.05, 4.69) is 15.5 Å². The monoisotopic (exact) mass is 733 g/mol. The topological polar surface area (TPSA) is 154 Å². The van der Waals surface area contributed by atoms with E-state index in [1.54, 1.807) is 36.4 Å². The fourth-order valence-electron chi connectivity index (χ4n) is 5.11. The first kappa shape index (κ1) is 41.1. The maximum Gasteiger partial charge on any atom is 0.251 e. The summed E-state index contributed by atoms with van der Waals surface area (Å²) >= 11 is 0. The first-order valence-corrected chi connectivity index (χ1v) is 18.1. The van der Waals surface area contributed by atoms with Gasteiger partial charge in [-0.2, -0.15) is 0 Å². The van der Waals surface area contributed by atoms with Crippen LogP contribution in [0.15, 0.2) is 36.4 Å². The van der Waals surface area contributed by atoms with Gasteiger partial charge in [0, 0.05) is 36.3 Å². The summed E-state index contributed by atoms with van der Waals surface area (Å²) in [6.07, 6.45) is 1.51. The molecule has 2 aromatic rings. The van der Waals surface area contributed by atoms with Gasteiger partial charge in [0.25, 0.3) is 11.8 Å². The average molecular weight is 734 g/mol. The number of nitrogens with zero attached hydrogens (tertiary/aromatic N) is 1. The molecule has 290 valence electrons. The number of benzene rings is 2. The molecule has 4 bridgehead atoms. The third-order valence-electron chi connectivity index (χ3n) is 7.76. The molecule has 2 aliphatic heterocycles. The van der Waals surface area contributed by atoms with E-state index in [0.29, 0.717) is 153 Å². The van der Waals surface area contributed by atoms with Gasteiger partial charge in [-0.1, -0.05) is 0 Å². The number of fused-ring (bicyclic) bond motifs is 4. The number of hydrogen-bond donors (Lipinski definition) is 2. The highest BCUT2D eigenvalue weighted by molar-refractivity contribution is 5.95. The van der Waals surface area contributed by atoms with Crippen molar-refractivity contribution in [2.75, 3.05) is 139 Å². The van der Waals surface area contributed by atoms with E-state index >= 15 is 0 Å². The van der Waals surface area contributed by atoms with E-state index < -0.39 is 0 Å². The predicted molar refractivity (Wildman–Crippen MR) is 191 cm³/mol. The third kappa shape index (κ3) is 17.2. The van der Waals surface area contributed by atoms with Crippen LogP contribution in [0.2, 0.25) is 0 Å². The molecule has 0 radical (unpaired) electrons. The number of carbonyl (C=O) groups excluding carboxylic acids is 2. The molecule has 0 atom stereocenters. The van der Waals surface area contributed by atoms with Crippen LogP contribution in [0.1, 0.15) is 33.6 Å². The summed E-state index contributed by atoms with van der Waals surface area (Å²) in [5.74, 6) is 1.70. The van der Waals surface area contributed by atoms with Gasteiger partial charge in [0.15, 0.2) is 0 Å². The van der Waals surface area contributed by atoms with Crippen molar-refractivity contribution in [3.8, 4) is 23.0 Å². The molecule has 0 saturated heterocycles. The second-order valence-electron chi connectivity index (χ2n) is 12.0. The molecule has 52 heavy (non-hydrogen) atoms. The molecular formula is C37H55N3O12. The van der Waals surface area contributed by atoms with Gasteiger partial charge < -0.3 is 62.9 Å². The van der Waals surface area contributed by atoms with Gasteiger partial charge in [-0.3, -0.25) is 9.59 Å². The fraction of sp³-hybridized carbons (Fsp3) is 0.622. The molecule has 0 fully saturated rings. The molecule has 0 unspecified atom stereocenters. The molecule has 2 aliphatic rings. The van der Waals surface area contributed by atoms with Crippen LogP contribution in [0.25, 0.3) is 0 Å². The Morgan fingerprint density at radius 2 is 0.731 bits per heavy atom. The molecule has 2 N–H and O–H groups in total. The Bertz CT molecular complexity index is 1150. The Morgan fingerprint density at radius 1 is 0.462 bits per heavy atom. The minimum atomic E-state index is -0.209. The van der Waals surface area contributed by atoms with Crippen LogP contribution in [-0.4, -0.2) is 156 Å². The molecule has 15 heteroatoms. The van der Waals surface area contributed by atoms with Crippen LogP contribution >= 0.6 is 0 Å². The molecule has 2 amide bonds. The molecule has 2 aromatic carbocycles. The lowest BCUT2D eigenvalue weighted by Gasteiger charge is -2.17. The zero-order valence-electron chi connectivity index (χ0n) is 30.4. The first-order chi connectivity index (χ1) is 25.6. The van der Waals surface area contributed by atoms with E-state index in [9.17, 15) is 9.59 Å². The van der Waals surface area contributed by atoms with Crippen molar-refractivity contribution in [3.05, 3.63) is 47.5 Å². The predicted octanol–water partition coefficient (Wildman–Crippen LogP) is 2.20. The Morgan fingerprint density at radius 3 is 1.02 bits per heavy atom. The van der Waals surface area contributed by atoms with Gasteiger partial charge >= 0.3 is 0 Å². The summed E-state index contributed by atoms with van der Waals surface area (Å²) in [7, 11) is 2.02. The molecule has 0 saturated carbocycles. The summed E-state index contributed by atoms with van der Waals surface area (Å²) in [4.78, 5) is 28.2. The van der Waals surface area contributed by atoms with E-state index in [4.69, 9.17) is 47.4 Å². The number of ether oxygens (including phenoxy) is 10. The van der Waals surface area contributed by atoms with Crippen molar-refractivity contribution < 1.29 is 57.0 Å². The van der Waals surface area contributed by atoms with Crippen LogP contribution in [-0.2, 0) is 28.4 Å². The summed E-state index contributed by atoms with van der Waals surface area (Å²) in [6.45, 7) is 9.34. The van der Waals surface area contributed by atoms with Gasteiger partial charge in [-0.25, -0.2) is 0 Å². The zero-order chi connectivity index (χ0) is 36.5. The lowest BCUT2D eigenvalue weighted by Crippen LogP contribution is -2.31. The van der Waals surface area contributed by atoms with Crippen molar-refractivity contribution in [1.82, 2.24) is 15.5 Å². The quantitative estimate of drug-likeness (QED) is 0.344. The average Bonchev–Trinajstić information content (AvgIpc) is 3.14. The zero-order valence-corrected chi connectivity index (χ0v) is 30.4. The highest BCUT2D eigenvalue weighted by Gasteiger charge is 2.13. The van der Waals surface area contributed by atoms with Crippen LogP contribution in [0.4, 0.5) is 0 Å². The van der Waals surface area contributed by atoms with Crippen molar-refractivity contribution >= 4 is 11.8 Å². The maximum absolute atomic E-state index is 13.0. The van der Waals surface area contributed by atoms with Crippen molar-refractivity contribution in [1.29, 1.82) is 0 Å². The lowest BCUT2D eigenvalue weighted by molar-refractivity contribution is 0.00433. The Kier molecular flexibility index (Phi) is 20.0. The first-order valence-electron chi connectivity index (χ1n) is 18.1. The Labute approximate surface area is 306 Å². The summed E-state index contributed by atoms with van der Waals surface area (Å²) in [5, 5.41) is 5.99. The van der Waals surface area contributed by atoms with Crippen molar-refractivity contribution in [3.63, 3.8) is 0 Å². The van der Waals surface area contributed by atoms with E-state index in [0.717, 1.165) is 25.9 Å². The van der Waals surface area contributed by atoms with Gasteiger partial charge in [-0.15, -0.1) is 0 Å². The van der Waals surface area contributed by atoms with Gasteiger partial charge in [-0.05, 0) is 57.2 Å². The highest BCUT2D eigenvalue weighted by atomic mass is 16.6. The standard InChI is InChI=1S/C37H55N3O12/c1-40(6-2-4-38-36(41)30-24-32-28-33(25-30)50-21-17-46-13-9-43-8-12-45-16-20-49-32)7-3-5-39-37(42)31-26-34-29-35(27-31)52-23-19-48-15-11-44-10-14-47-18-22-51-34/h24-29H,2-23H2,1H3,(H,38,41)(H,39,42). The summed E-state index contributed by atoms with van der Waals surface area (Å²) in [6, 6.07) is 10.3. The fourth-order valence-corrected chi connectivity index (χ4v) is 5.11. The molecule has 0 aliphatic carbocycles. The SMILES string of the molecule is CN(CCCNC(=O)c1cc2cc(c1)OCCOCCOCCOCCO2)CCCNC(=O)c1cc2cc(c1)OCCOCCOCCOCCO2. The normalized spacial score (nSPS) is 17.4. The maximum atomic E-state index is 13.0. The minimum Gasteiger partial charge on any atom is -0.491 e. The Balaban J connectivity index is 1.15. The molecule has 0 spiro atoms. The minimum absolute atomic E-state index is 0.209. The van der Waals surface area contributed by atoms with Crippen LogP contribution < -0.4 is 29.6 Å². The molecule has 2 heterocycles. The van der Waals surface area contributed by atoms with Crippen LogP contribution in [0, 0.1) is 0 Å². The number of hydrogen-bond acceptors (Lipinski definition) is 13. The van der Waals surface area contributed by atoms with E-state index in [1.165, 1.54) is 0 Å². The Hall–Kier alpha value is -3.70. The van der Waals surface area contributed by atoms with Gasteiger partial charge in [0.2, 0.25) is 0 Å². The molecule has 4 rings (SSSR count). The van der Waals surface area contributed by atoms with E-state index in [-0.39, 0.29) is 11.8 Å². The van der Waals surface area contributed by atoms with Crippen LogP contribution in [0.3, 0.4) is 0 Å². The molecule has 0 aromatic heterocycles. The largest absolute Gasteiger partial charge is 0.491 e.